The molecule has 0 spiro atoms. The molecule has 2 aromatic rings. The van der Waals surface area contributed by atoms with E-state index in [0.29, 0.717) is 40.4 Å². The maximum Gasteiger partial charge on any atom is 0.267 e. The molecule has 0 fully saturated rings. The van der Waals surface area contributed by atoms with Crippen LogP contribution in [0.25, 0.3) is 0 Å². The summed E-state index contributed by atoms with van der Waals surface area (Å²) in [6.45, 7) is 6.27. The van der Waals surface area contributed by atoms with Gasteiger partial charge in [0.1, 0.15) is 11.5 Å². The van der Waals surface area contributed by atoms with Crippen LogP contribution >= 0.6 is 11.6 Å². The van der Waals surface area contributed by atoms with Gasteiger partial charge in [-0.1, -0.05) is 37.6 Å². The second-order valence-electron chi connectivity index (χ2n) is 7.05. The second kappa shape index (κ2) is 8.52. The molecule has 0 saturated carbocycles. The molecule has 1 heterocycles. The first kappa shape index (κ1) is 20.0. The van der Waals surface area contributed by atoms with Gasteiger partial charge in [0.15, 0.2) is 12.7 Å². The monoisotopic (exact) mass is 402 g/mol. The Hall–Kier alpha value is -2.73. The molecule has 1 N–H and O–H groups in total. The normalized spacial score (nSPS) is 15.8. The molecule has 7 heteroatoms. The van der Waals surface area contributed by atoms with E-state index in [1.807, 2.05) is 0 Å². The molecule has 6 nitrogen and oxygen atoms in total. The lowest BCUT2D eigenvalue weighted by Crippen LogP contribution is -2.46. The fraction of sp³-hybridized carbons (Fsp3) is 0.333. The fourth-order valence-corrected chi connectivity index (χ4v) is 3.13. The molecule has 1 unspecified atom stereocenters. The van der Waals surface area contributed by atoms with Crippen LogP contribution in [0.15, 0.2) is 42.5 Å². The lowest BCUT2D eigenvalue weighted by atomic mass is 10.1. The molecule has 0 radical (unpaired) electrons. The van der Waals surface area contributed by atoms with Gasteiger partial charge in [0.25, 0.3) is 11.8 Å². The number of halogens is 1. The molecule has 0 bridgehead atoms. The molecule has 1 aliphatic rings. The standard InChI is InChI=1S/C21H23ClN2O4/c1-13(2)11-24-17-9-8-15(10-19(17)28-14(3)21(24)26)23-20(25)12-27-18-7-5-4-6-16(18)22/h4-10,13-14H,11-12H2,1-3H3,(H,23,25). The number of para-hydroxylation sites is 1. The van der Waals surface area contributed by atoms with Crippen LogP contribution in [0.2, 0.25) is 5.02 Å². The number of carbonyl (C=O) groups excluding carboxylic acids is 2. The van der Waals surface area contributed by atoms with E-state index in [9.17, 15) is 9.59 Å². The van der Waals surface area contributed by atoms with Crippen molar-refractivity contribution in [3.63, 3.8) is 0 Å². The maximum atomic E-state index is 12.4. The fourth-order valence-electron chi connectivity index (χ4n) is 2.94. The number of fused-ring (bicyclic) bond motifs is 1. The minimum Gasteiger partial charge on any atom is -0.482 e. The van der Waals surface area contributed by atoms with Crippen LogP contribution in [-0.4, -0.2) is 31.1 Å². The quantitative estimate of drug-likeness (QED) is 0.788. The van der Waals surface area contributed by atoms with E-state index in [-0.39, 0.29) is 18.4 Å². The zero-order valence-corrected chi connectivity index (χ0v) is 16.8. The summed E-state index contributed by atoms with van der Waals surface area (Å²) in [5, 5.41) is 3.22. The smallest absolute Gasteiger partial charge is 0.267 e. The number of benzene rings is 2. The minimum absolute atomic E-state index is 0.0638. The first-order valence-electron chi connectivity index (χ1n) is 9.14. The maximum absolute atomic E-state index is 12.4. The number of ether oxygens (including phenoxy) is 2. The summed E-state index contributed by atoms with van der Waals surface area (Å²) in [7, 11) is 0. The molecular weight excluding hydrogens is 380 g/mol. The van der Waals surface area contributed by atoms with E-state index in [1.54, 1.807) is 54.3 Å². The lowest BCUT2D eigenvalue weighted by molar-refractivity contribution is -0.125. The van der Waals surface area contributed by atoms with Crippen molar-refractivity contribution < 1.29 is 19.1 Å². The summed E-state index contributed by atoms with van der Waals surface area (Å²) in [5.41, 5.74) is 1.28. The highest BCUT2D eigenvalue weighted by molar-refractivity contribution is 6.32. The predicted molar refractivity (Wildman–Crippen MR) is 109 cm³/mol. The Morgan fingerprint density at radius 1 is 1.29 bits per heavy atom. The van der Waals surface area contributed by atoms with Crippen LogP contribution in [0.1, 0.15) is 20.8 Å². The minimum atomic E-state index is -0.569. The number of nitrogens with zero attached hydrogens (tertiary/aromatic N) is 1. The number of amides is 2. The number of rotatable bonds is 6. The van der Waals surface area contributed by atoms with E-state index in [4.69, 9.17) is 21.1 Å². The molecule has 2 aromatic carbocycles. The highest BCUT2D eigenvalue weighted by Crippen LogP contribution is 2.36. The van der Waals surface area contributed by atoms with Gasteiger partial charge in [-0.05, 0) is 37.1 Å². The molecule has 0 aromatic heterocycles. The van der Waals surface area contributed by atoms with Gasteiger partial charge in [-0.15, -0.1) is 0 Å². The third-order valence-electron chi connectivity index (χ3n) is 4.20. The lowest BCUT2D eigenvalue weighted by Gasteiger charge is -2.34. The predicted octanol–water partition coefficient (Wildman–Crippen LogP) is 4.13. The van der Waals surface area contributed by atoms with Crippen LogP contribution in [0.4, 0.5) is 11.4 Å². The zero-order valence-electron chi connectivity index (χ0n) is 16.1. The summed E-state index contributed by atoms with van der Waals surface area (Å²) in [4.78, 5) is 26.4. The Balaban J connectivity index is 1.69. The van der Waals surface area contributed by atoms with Crippen molar-refractivity contribution in [1.82, 2.24) is 0 Å². The summed E-state index contributed by atoms with van der Waals surface area (Å²) in [6, 6.07) is 12.2. The van der Waals surface area contributed by atoms with E-state index >= 15 is 0 Å². The van der Waals surface area contributed by atoms with E-state index in [0.717, 1.165) is 0 Å². The third kappa shape index (κ3) is 4.57. The van der Waals surface area contributed by atoms with Gasteiger partial charge in [-0.3, -0.25) is 9.59 Å². The Morgan fingerprint density at radius 2 is 2.04 bits per heavy atom. The highest BCUT2D eigenvalue weighted by atomic mass is 35.5. The third-order valence-corrected chi connectivity index (χ3v) is 4.51. The van der Waals surface area contributed by atoms with E-state index in [1.165, 1.54) is 0 Å². The zero-order chi connectivity index (χ0) is 20.3. The van der Waals surface area contributed by atoms with Crippen molar-refractivity contribution in [2.75, 3.05) is 23.4 Å². The summed E-state index contributed by atoms with van der Waals surface area (Å²) in [6.07, 6.45) is -0.569. The van der Waals surface area contributed by atoms with Crippen molar-refractivity contribution in [2.24, 2.45) is 5.92 Å². The number of hydrogen-bond donors (Lipinski definition) is 1. The van der Waals surface area contributed by atoms with E-state index in [2.05, 4.69) is 19.2 Å². The van der Waals surface area contributed by atoms with Crippen molar-refractivity contribution in [1.29, 1.82) is 0 Å². The second-order valence-corrected chi connectivity index (χ2v) is 7.46. The number of hydrogen-bond acceptors (Lipinski definition) is 4. The van der Waals surface area contributed by atoms with Gasteiger partial charge in [0.05, 0.1) is 10.7 Å². The average Bonchev–Trinajstić information content (AvgIpc) is 2.64. The molecule has 148 valence electrons. The van der Waals surface area contributed by atoms with Gasteiger partial charge in [0, 0.05) is 18.3 Å². The molecule has 28 heavy (non-hydrogen) atoms. The SMILES string of the molecule is CC(C)CN1C(=O)C(C)Oc2cc(NC(=O)COc3ccccc3Cl)ccc21. The number of nitrogens with one attached hydrogen (secondary N) is 1. The average molecular weight is 403 g/mol. The van der Waals surface area contributed by atoms with Crippen molar-refractivity contribution in [2.45, 2.75) is 26.9 Å². The van der Waals surface area contributed by atoms with Crippen LogP contribution in [-0.2, 0) is 9.59 Å². The Kier molecular flexibility index (Phi) is 6.09. The van der Waals surface area contributed by atoms with Crippen LogP contribution < -0.4 is 19.7 Å². The largest absolute Gasteiger partial charge is 0.482 e. The molecule has 1 aliphatic heterocycles. The highest BCUT2D eigenvalue weighted by Gasteiger charge is 2.32. The van der Waals surface area contributed by atoms with Crippen molar-refractivity contribution >= 4 is 34.8 Å². The van der Waals surface area contributed by atoms with Crippen molar-refractivity contribution in [3.8, 4) is 11.5 Å². The molecule has 1 atom stereocenters. The van der Waals surface area contributed by atoms with Gasteiger partial charge < -0.3 is 19.7 Å². The first-order chi connectivity index (χ1) is 13.3. The molecule has 3 rings (SSSR count). The first-order valence-corrected chi connectivity index (χ1v) is 9.52. The van der Waals surface area contributed by atoms with Crippen LogP contribution in [0.3, 0.4) is 0 Å². The van der Waals surface area contributed by atoms with Crippen LogP contribution in [0, 0.1) is 5.92 Å². The summed E-state index contributed by atoms with van der Waals surface area (Å²) < 4.78 is 11.2. The number of anilines is 2. The van der Waals surface area contributed by atoms with Crippen LogP contribution in [0.5, 0.6) is 11.5 Å². The summed E-state index contributed by atoms with van der Waals surface area (Å²) in [5.74, 6) is 0.954. The molecule has 2 amide bonds. The number of carbonyl (C=O) groups is 2. The van der Waals surface area contributed by atoms with Gasteiger partial charge in [-0.2, -0.15) is 0 Å². The summed E-state index contributed by atoms with van der Waals surface area (Å²) >= 11 is 6.02. The Labute approximate surface area is 169 Å². The van der Waals surface area contributed by atoms with Gasteiger partial charge >= 0.3 is 0 Å². The van der Waals surface area contributed by atoms with Gasteiger partial charge in [-0.25, -0.2) is 0 Å². The Morgan fingerprint density at radius 3 is 2.75 bits per heavy atom. The topological polar surface area (TPSA) is 67.9 Å². The van der Waals surface area contributed by atoms with Gasteiger partial charge in [0.2, 0.25) is 0 Å². The van der Waals surface area contributed by atoms with E-state index < -0.39 is 6.10 Å². The molecule has 0 saturated heterocycles. The molecular formula is C21H23ClN2O4. The molecule has 0 aliphatic carbocycles. The Bertz CT molecular complexity index is 884. The van der Waals surface area contributed by atoms with Crippen molar-refractivity contribution in [3.05, 3.63) is 47.5 Å².